The fraction of sp³-hybridized carbons (Fsp3) is 0.562. The highest BCUT2D eigenvalue weighted by molar-refractivity contribution is 6.99. The quantitative estimate of drug-likeness (QED) is 0.159. The van der Waals surface area contributed by atoms with Crippen LogP contribution in [0.4, 0.5) is 5.69 Å². The second-order valence-corrected chi connectivity index (χ2v) is 11.2. The largest absolute Gasteiger partial charge is 0.384 e. The fourth-order valence-corrected chi connectivity index (χ4v) is 6.11. The van der Waals surface area contributed by atoms with E-state index in [0.717, 1.165) is 35.5 Å². The molecule has 0 aliphatic heterocycles. The second kappa shape index (κ2) is 23.3. The first kappa shape index (κ1) is 42.0. The van der Waals surface area contributed by atoms with Gasteiger partial charge in [0, 0.05) is 32.8 Å². The summed E-state index contributed by atoms with van der Waals surface area (Å²) in [5.74, 6) is 1.08. The minimum absolute atomic E-state index is 0. The number of aromatic nitrogens is 3. The van der Waals surface area contributed by atoms with Crippen molar-refractivity contribution in [2.75, 3.05) is 26.5 Å². The van der Waals surface area contributed by atoms with Crippen molar-refractivity contribution in [1.29, 1.82) is 0 Å². The number of hydrogen-bond donors (Lipinski definition) is 4. The van der Waals surface area contributed by atoms with Gasteiger partial charge in [-0.3, -0.25) is 19.2 Å². The topological polar surface area (TPSA) is 181 Å². The Hall–Kier alpha value is -4.04. The summed E-state index contributed by atoms with van der Waals surface area (Å²) in [5.41, 5.74) is 0.431. The Labute approximate surface area is 276 Å². The van der Waals surface area contributed by atoms with Crippen molar-refractivity contribution in [3.05, 3.63) is 53.7 Å². The molecule has 0 saturated heterocycles. The first-order valence-electron chi connectivity index (χ1n) is 15.0. The molecule has 5 unspecified atom stereocenters. The van der Waals surface area contributed by atoms with Crippen LogP contribution in [0.1, 0.15) is 69.8 Å². The Morgan fingerprint density at radius 2 is 1.87 bits per heavy atom. The van der Waals surface area contributed by atoms with E-state index in [0.29, 0.717) is 18.3 Å². The van der Waals surface area contributed by atoms with Gasteiger partial charge in [0.25, 0.3) is 17.4 Å². The molecule has 2 aliphatic carbocycles. The van der Waals surface area contributed by atoms with Crippen LogP contribution in [-0.4, -0.2) is 76.7 Å². The van der Waals surface area contributed by atoms with Crippen LogP contribution < -0.4 is 26.8 Å². The fourth-order valence-electron chi connectivity index (χ4n) is 5.70. The molecule has 4 rings (SSSR count). The molecule has 2 heterocycles. The number of carbonyl (C=O) groups excluding carboxylic acids is 5. The lowest BCUT2D eigenvalue weighted by Gasteiger charge is -2.44. The number of ketones is 1. The number of pyridine rings is 1. The van der Waals surface area contributed by atoms with E-state index in [2.05, 4.69) is 57.1 Å². The summed E-state index contributed by atoms with van der Waals surface area (Å²) >= 11 is 0.872. The number of likely N-dealkylation sites (N-methyl/N-ethyl adjacent to an activating group) is 1. The summed E-state index contributed by atoms with van der Waals surface area (Å²) in [4.78, 5) is 66.1. The zero-order chi connectivity index (χ0) is 33.8. The molecule has 2 bridgehead atoms. The van der Waals surface area contributed by atoms with Gasteiger partial charge < -0.3 is 35.4 Å². The average Bonchev–Trinajstić information content (AvgIpc) is 3.61. The Kier molecular flexibility index (Phi) is 21.3. The molecule has 2 aliphatic rings. The number of nitrogens with zero attached hydrogens (tertiary/aromatic N) is 3. The molecule has 0 aromatic carbocycles. The van der Waals surface area contributed by atoms with Crippen LogP contribution in [-0.2, 0) is 25.7 Å². The molecule has 14 heteroatoms. The van der Waals surface area contributed by atoms with Crippen LogP contribution in [0.5, 0.6) is 0 Å². The highest BCUT2D eigenvalue weighted by Gasteiger charge is 2.36. The van der Waals surface area contributed by atoms with E-state index in [4.69, 9.17) is 0 Å². The zero-order valence-electron chi connectivity index (χ0n) is 26.6. The maximum absolute atomic E-state index is 11.6. The summed E-state index contributed by atoms with van der Waals surface area (Å²) in [6.07, 6.45) is 11.4. The van der Waals surface area contributed by atoms with Crippen LogP contribution >= 0.6 is 11.7 Å². The van der Waals surface area contributed by atoms with Crippen LogP contribution in [0.25, 0.3) is 0 Å². The lowest BCUT2D eigenvalue weighted by molar-refractivity contribution is -0.137. The van der Waals surface area contributed by atoms with Crippen molar-refractivity contribution in [3.8, 4) is 0 Å². The smallest absolute Gasteiger partial charge is 0.287 e. The number of anilines is 1. The van der Waals surface area contributed by atoms with Gasteiger partial charge >= 0.3 is 0 Å². The van der Waals surface area contributed by atoms with Crippen molar-refractivity contribution in [3.63, 3.8) is 0 Å². The number of amides is 2. The first-order valence-corrected chi connectivity index (χ1v) is 15.7. The van der Waals surface area contributed by atoms with E-state index >= 15 is 0 Å². The number of hydrogen-bond acceptors (Lipinski definition) is 11. The van der Waals surface area contributed by atoms with Gasteiger partial charge in [-0.1, -0.05) is 27.2 Å². The Morgan fingerprint density at radius 3 is 2.43 bits per heavy atom. The maximum atomic E-state index is 11.6. The lowest BCUT2D eigenvalue weighted by atomic mass is 9.66. The first-order chi connectivity index (χ1) is 21.7. The van der Waals surface area contributed by atoms with E-state index in [1.807, 2.05) is 0 Å². The summed E-state index contributed by atoms with van der Waals surface area (Å²) in [7, 11) is 5.15. The van der Waals surface area contributed by atoms with Crippen LogP contribution in [0.3, 0.4) is 0 Å². The molecule has 46 heavy (non-hydrogen) atoms. The highest BCUT2D eigenvalue weighted by atomic mass is 32.1. The predicted octanol–water partition coefficient (Wildman–Crippen LogP) is 2.88. The number of rotatable bonds is 11. The number of Topliss-reactive ketones (excluding diaryl/α,β-unsaturated/α-hetero) is 1. The minimum Gasteiger partial charge on any atom is -0.384 e. The van der Waals surface area contributed by atoms with Crippen molar-refractivity contribution >= 4 is 47.6 Å². The van der Waals surface area contributed by atoms with Crippen molar-refractivity contribution < 1.29 is 24.0 Å². The lowest BCUT2D eigenvalue weighted by Crippen LogP contribution is -2.45. The normalized spacial score (nSPS) is 19.7. The second-order valence-electron chi connectivity index (χ2n) is 10.7. The van der Waals surface area contributed by atoms with E-state index in [-0.39, 0.29) is 38.1 Å². The van der Waals surface area contributed by atoms with Gasteiger partial charge in [-0.15, -0.1) is 13.2 Å². The number of nitrogens with one attached hydrogen (secondary N) is 4. The molecule has 256 valence electrons. The van der Waals surface area contributed by atoms with Crippen LogP contribution in [0.15, 0.2) is 42.5 Å². The van der Waals surface area contributed by atoms with Gasteiger partial charge in [-0.05, 0) is 62.6 Å². The molecule has 2 aromatic rings. The summed E-state index contributed by atoms with van der Waals surface area (Å²) in [6.45, 7) is 8.53. The van der Waals surface area contributed by atoms with Crippen LogP contribution in [0.2, 0.25) is 0 Å². The number of aldehydes is 2. The van der Waals surface area contributed by atoms with Gasteiger partial charge in [-0.25, -0.2) is 0 Å². The third-order valence-electron chi connectivity index (χ3n) is 7.78. The molecule has 2 fully saturated rings. The van der Waals surface area contributed by atoms with Crippen molar-refractivity contribution in [1.82, 2.24) is 29.3 Å². The van der Waals surface area contributed by atoms with E-state index in [1.54, 1.807) is 25.4 Å². The third-order valence-corrected chi connectivity index (χ3v) is 8.26. The van der Waals surface area contributed by atoms with Crippen molar-refractivity contribution in [2.24, 2.45) is 17.8 Å². The van der Waals surface area contributed by atoms with E-state index in [1.165, 1.54) is 49.9 Å². The van der Waals surface area contributed by atoms with Crippen LogP contribution in [0, 0.1) is 17.8 Å². The average molecular weight is 662 g/mol. The molecule has 4 N–H and O–H groups in total. The van der Waals surface area contributed by atoms with Crippen molar-refractivity contribution in [2.45, 2.75) is 77.9 Å². The maximum Gasteiger partial charge on any atom is 0.287 e. The Morgan fingerprint density at radius 1 is 1.15 bits per heavy atom. The zero-order valence-corrected chi connectivity index (χ0v) is 27.4. The monoisotopic (exact) mass is 661 g/mol. The summed E-state index contributed by atoms with van der Waals surface area (Å²) in [6, 6.07) is 3.37. The minimum atomic E-state index is -0.845. The van der Waals surface area contributed by atoms with Gasteiger partial charge in [0.1, 0.15) is 18.3 Å². The summed E-state index contributed by atoms with van der Waals surface area (Å²) < 4.78 is 8.72. The molecule has 2 saturated carbocycles. The van der Waals surface area contributed by atoms with Gasteiger partial charge in [0.05, 0.1) is 30.5 Å². The third kappa shape index (κ3) is 13.5. The van der Waals surface area contributed by atoms with Gasteiger partial charge in [0.2, 0.25) is 5.78 Å². The standard InChI is InChI=1S/C11H21N.C10H12N4O4S.C8H10N2O2.C2H4.CH4/c1-8-6-9-4-3-5-10(7-9)11(8)12-2;1-11-10(18)8(16)3-2-6(5-15)13-9(17)7-4-12-19-14-7;1-9-7-3-2-4-10(5-6-11)8(7)12;1-2;/h8-12H,3-7H2,1-2H3;4-6H,2-3H2,1H3,(H,11,18)(H,13,17);2-4,6,9H,5H2,1H3;1-2H2;1H4. The molecule has 5 atom stereocenters. The molecular weight excluding hydrogens is 610 g/mol. The number of carbonyl (C=O) groups is 5. The highest BCUT2D eigenvalue weighted by Crippen LogP contribution is 2.42. The Bertz CT molecular complexity index is 1270. The van der Waals surface area contributed by atoms with E-state index < -0.39 is 23.6 Å². The predicted molar refractivity (Wildman–Crippen MR) is 182 cm³/mol. The van der Waals surface area contributed by atoms with Gasteiger partial charge in [-0.2, -0.15) is 8.75 Å². The Balaban J connectivity index is 0.000000658. The molecular formula is C32H51N7O6S. The molecule has 0 radical (unpaired) electrons. The summed E-state index contributed by atoms with van der Waals surface area (Å²) in [5, 5.41) is 10.8. The van der Waals surface area contributed by atoms with Gasteiger partial charge in [0.15, 0.2) is 5.69 Å². The van der Waals surface area contributed by atoms with E-state index in [9.17, 15) is 28.8 Å². The molecule has 2 amide bonds. The number of fused-ring (bicyclic) bond motifs is 2. The SMILES string of the molecule is C.C=C.CNC(=O)C(=O)CCC(C=O)NC(=O)c1cnsn1.CNC1C(C)CC2CCCC1C2.CNc1cccn(CC=O)c1=O. The molecule has 13 nitrogen and oxygen atoms in total. The molecule has 2 aromatic heterocycles. The molecule has 0 spiro atoms.